The van der Waals surface area contributed by atoms with Gasteiger partial charge in [-0.15, -0.1) is 6.42 Å². The second-order valence-electron chi connectivity index (χ2n) is 9.30. The van der Waals surface area contributed by atoms with E-state index in [1.54, 1.807) is 30.3 Å². The monoisotopic (exact) mass is 514 g/mol. The van der Waals surface area contributed by atoms with Crippen molar-refractivity contribution < 1.29 is 18.7 Å². The number of nitrogens with zero attached hydrogens (tertiary/aromatic N) is 2. The molecular formula is C28H23FN4O3S. The first kappa shape index (κ1) is 24.4. The van der Waals surface area contributed by atoms with Gasteiger partial charge in [-0.05, 0) is 62.6 Å². The molecular weight excluding hydrogens is 491 g/mol. The number of anilines is 2. The van der Waals surface area contributed by atoms with Crippen LogP contribution >= 0.6 is 11.3 Å². The molecule has 0 saturated heterocycles. The Morgan fingerprint density at radius 1 is 1.11 bits per heavy atom. The number of aromatic nitrogens is 2. The van der Waals surface area contributed by atoms with Crippen LogP contribution in [0.1, 0.15) is 42.6 Å². The molecule has 9 heteroatoms. The summed E-state index contributed by atoms with van der Waals surface area (Å²) in [6.45, 7) is 3.76. The van der Waals surface area contributed by atoms with Crippen LogP contribution in [0.4, 0.5) is 15.2 Å². The van der Waals surface area contributed by atoms with Gasteiger partial charge in [-0.1, -0.05) is 29.4 Å². The van der Waals surface area contributed by atoms with Crippen molar-refractivity contribution in [2.75, 3.05) is 10.6 Å². The zero-order valence-corrected chi connectivity index (χ0v) is 21.0. The van der Waals surface area contributed by atoms with Crippen LogP contribution in [0.2, 0.25) is 0 Å². The molecule has 1 aliphatic carbocycles. The molecule has 2 N–H and O–H groups in total. The van der Waals surface area contributed by atoms with Gasteiger partial charge in [0.2, 0.25) is 11.8 Å². The van der Waals surface area contributed by atoms with E-state index in [1.807, 2.05) is 19.9 Å². The van der Waals surface area contributed by atoms with Gasteiger partial charge in [0.1, 0.15) is 21.9 Å². The normalized spacial score (nSPS) is 13.1. The fourth-order valence-corrected chi connectivity index (χ4v) is 4.41. The Kier molecular flexibility index (Phi) is 6.36. The van der Waals surface area contributed by atoms with E-state index in [4.69, 9.17) is 11.2 Å². The number of ether oxygens (including phenoxy) is 1. The van der Waals surface area contributed by atoms with Crippen LogP contribution < -0.4 is 15.4 Å². The summed E-state index contributed by atoms with van der Waals surface area (Å²) >= 11 is 1.25. The Hall–Kier alpha value is -4.29. The standard InChI is InChI=1S/C28H23FN4O3S/c1-4-28(2,3)18-7-5-6-17(14-18)25(35)30-22-15-19(10-11-20(22)29)36-23-13-12-21-26(32-23)37-27(31-21)33-24(34)16-8-9-16/h1,5-7,10-16H,8-9H2,2-3H3,(H,30,35)(H,31,33,34). The number of benzene rings is 2. The molecule has 1 fully saturated rings. The fraction of sp³-hybridized carbons (Fsp3) is 0.214. The van der Waals surface area contributed by atoms with Crippen LogP contribution in [0, 0.1) is 24.1 Å². The lowest BCUT2D eigenvalue weighted by Crippen LogP contribution is -2.17. The smallest absolute Gasteiger partial charge is 0.255 e. The molecule has 4 aromatic rings. The number of thiazole rings is 1. The number of hydrogen-bond donors (Lipinski definition) is 2. The highest BCUT2D eigenvalue weighted by Crippen LogP contribution is 2.33. The number of amides is 2. The summed E-state index contributed by atoms with van der Waals surface area (Å²) in [6.07, 6.45) is 7.43. The van der Waals surface area contributed by atoms with Crippen LogP contribution in [-0.4, -0.2) is 21.8 Å². The molecule has 5 rings (SSSR count). The first-order chi connectivity index (χ1) is 17.7. The number of nitrogens with one attached hydrogen (secondary N) is 2. The van der Waals surface area contributed by atoms with Crippen molar-refractivity contribution in [3.63, 3.8) is 0 Å². The molecule has 0 atom stereocenters. The molecule has 186 valence electrons. The highest BCUT2D eigenvalue weighted by molar-refractivity contribution is 7.21. The molecule has 0 bridgehead atoms. The number of fused-ring (bicyclic) bond motifs is 1. The van der Waals surface area contributed by atoms with Crippen molar-refractivity contribution >= 4 is 44.3 Å². The largest absolute Gasteiger partial charge is 0.439 e. The predicted molar refractivity (Wildman–Crippen MR) is 141 cm³/mol. The number of hydrogen-bond acceptors (Lipinski definition) is 6. The summed E-state index contributed by atoms with van der Waals surface area (Å²) in [5.41, 5.74) is 1.21. The van der Waals surface area contributed by atoms with Crippen molar-refractivity contribution in [1.82, 2.24) is 9.97 Å². The van der Waals surface area contributed by atoms with Gasteiger partial charge in [0.05, 0.1) is 11.1 Å². The van der Waals surface area contributed by atoms with Crippen molar-refractivity contribution in [2.24, 2.45) is 5.92 Å². The number of terminal acetylenes is 1. The van der Waals surface area contributed by atoms with Crippen molar-refractivity contribution in [1.29, 1.82) is 0 Å². The van der Waals surface area contributed by atoms with E-state index >= 15 is 0 Å². The number of carbonyl (C=O) groups excluding carboxylic acids is 2. The average molecular weight is 515 g/mol. The van der Waals surface area contributed by atoms with Crippen molar-refractivity contribution in [3.8, 4) is 24.0 Å². The van der Waals surface area contributed by atoms with Gasteiger partial charge in [0, 0.05) is 23.6 Å². The van der Waals surface area contributed by atoms with Gasteiger partial charge in [-0.2, -0.15) is 0 Å². The van der Waals surface area contributed by atoms with Crippen molar-refractivity contribution in [2.45, 2.75) is 32.1 Å². The maximum Gasteiger partial charge on any atom is 0.255 e. The van der Waals surface area contributed by atoms with Gasteiger partial charge in [0.15, 0.2) is 5.13 Å². The molecule has 0 unspecified atom stereocenters. The van der Waals surface area contributed by atoms with Crippen LogP contribution in [0.25, 0.3) is 10.3 Å². The number of halogens is 1. The Morgan fingerprint density at radius 2 is 1.92 bits per heavy atom. The van der Waals surface area contributed by atoms with Gasteiger partial charge < -0.3 is 15.4 Å². The lowest BCUT2D eigenvalue weighted by atomic mass is 9.85. The maximum absolute atomic E-state index is 14.5. The lowest BCUT2D eigenvalue weighted by molar-refractivity contribution is -0.117. The van der Waals surface area contributed by atoms with Crippen LogP contribution in [0.5, 0.6) is 11.6 Å². The first-order valence-corrected chi connectivity index (χ1v) is 12.5. The molecule has 2 aromatic carbocycles. The third-order valence-corrected chi connectivity index (χ3v) is 6.90. The molecule has 1 saturated carbocycles. The summed E-state index contributed by atoms with van der Waals surface area (Å²) in [4.78, 5) is 34.3. The van der Waals surface area contributed by atoms with Gasteiger partial charge in [0.25, 0.3) is 5.91 Å². The minimum absolute atomic E-state index is 0.0251. The summed E-state index contributed by atoms with van der Waals surface area (Å²) in [6, 6.07) is 14.3. The predicted octanol–water partition coefficient (Wildman–Crippen LogP) is 6.13. The minimum Gasteiger partial charge on any atom is -0.439 e. The zero-order chi connectivity index (χ0) is 26.2. The average Bonchev–Trinajstić information content (AvgIpc) is 3.67. The maximum atomic E-state index is 14.5. The summed E-state index contributed by atoms with van der Waals surface area (Å²) in [5.74, 6) is 2.23. The van der Waals surface area contributed by atoms with E-state index in [0.29, 0.717) is 21.0 Å². The van der Waals surface area contributed by atoms with E-state index in [9.17, 15) is 14.0 Å². The van der Waals surface area contributed by atoms with Crippen LogP contribution in [0.3, 0.4) is 0 Å². The Bertz CT molecular complexity index is 1570. The molecule has 1 aliphatic rings. The van der Waals surface area contributed by atoms with E-state index in [-0.39, 0.29) is 29.1 Å². The van der Waals surface area contributed by atoms with Crippen LogP contribution in [0.15, 0.2) is 54.6 Å². The van der Waals surface area contributed by atoms with Gasteiger partial charge >= 0.3 is 0 Å². The molecule has 0 radical (unpaired) electrons. The lowest BCUT2D eigenvalue weighted by Gasteiger charge is -2.18. The number of carbonyl (C=O) groups is 2. The van der Waals surface area contributed by atoms with Gasteiger partial charge in [-0.3, -0.25) is 9.59 Å². The second-order valence-corrected chi connectivity index (χ2v) is 10.3. The fourth-order valence-electron chi connectivity index (χ4n) is 3.57. The molecule has 2 aromatic heterocycles. The Labute approximate surface area is 217 Å². The quantitative estimate of drug-likeness (QED) is 0.289. The molecule has 0 spiro atoms. The minimum atomic E-state index is -0.609. The number of rotatable bonds is 7. The third-order valence-electron chi connectivity index (χ3n) is 6.02. The van der Waals surface area contributed by atoms with E-state index in [2.05, 4.69) is 26.5 Å². The topological polar surface area (TPSA) is 93.2 Å². The molecule has 37 heavy (non-hydrogen) atoms. The Morgan fingerprint density at radius 3 is 2.68 bits per heavy atom. The van der Waals surface area contributed by atoms with Crippen LogP contribution in [-0.2, 0) is 10.2 Å². The Balaban J connectivity index is 1.31. The molecule has 2 heterocycles. The molecule has 7 nitrogen and oxygen atoms in total. The van der Waals surface area contributed by atoms with Crippen molar-refractivity contribution in [3.05, 3.63) is 71.5 Å². The molecule has 0 aliphatic heterocycles. The summed E-state index contributed by atoms with van der Waals surface area (Å²) in [7, 11) is 0. The SMILES string of the molecule is C#CC(C)(C)c1cccc(C(=O)Nc2cc(Oc3ccc4nc(NC(=O)C5CC5)sc4n3)ccc2F)c1. The first-order valence-electron chi connectivity index (χ1n) is 11.7. The molecule has 2 amide bonds. The third kappa shape index (κ3) is 5.44. The van der Waals surface area contributed by atoms with Gasteiger partial charge in [-0.25, -0.2) is 14.4 Å². The second kappa shape index (κ2) is 9.64. The van der Waals surface area contributed by atoms with E-state index in [1.165, 1.54) is 29.5 Å². The number of pyridine rings is 1. The van der Waals surface area contributed by atoms with E-state index < -0.39 is 17.1 Å². The highest BCUT2D eigenvalue weighted by atomic mass is 32.1. The summed E-state index contributed by atoms with van der Waals surface area (Å²) in [5, 5.41) is 5.90. The zero-order valence-electron chi connectivity index (χ0n) is 20.2. The summed E-state index contributed by atoms with van der Waals surface area (Å²) < 4.78 is 20.4. The van der Waals surface area contributed by atoms with E-state index in [0.717, 1.165) is 18.4 Å². The highest BCUT2D eigenvalue weighted by Gasteiger charge is 2.30.